The molecule has 2 rings (SSSR count). The molecule has 0 radical (unpaired) electrons. The highest BCUT2D eigenvalue weighted by atomic mass is 35.5. The molecule has 0 aliphatic rings. The second-order valence-electron chi connectivity index (χ2n) is 4.17. The summed E-state index contributed by atoms with van der Waals surface area (Å²) in [6.07, 6.45) is 4.84. The first-order valence-corrected chi connectivity index (χ1v) is 6.86. The van der Waals surface area contributed by atoms with E-state index in [9.17, 15) is 4.79 Å². The van der Waals surface area contributed by atoms with Crippen molar-refractivity contribution < 1.29 is 4.79 Å². The van der Waals surface area contributed by atoms with Gasteiger partial charge in [-0.3, -0.25) is 9.78 Å². The summed E-state index contributed by atoms with van der Waals surface area (Å²) < 4.78 is 0. The van der Waals surface area contributed by atoms with Crippen LogP contribution in [0, 0.1) is 0 Å². The minimum absolute atomic E-state index is 0.129. The Balaban J connectivity index is 2.18. The van der Waals surface area contributed by atoms with Crippen LogP contribution >= 0.6 is 23.2 Å². The van der Waals surface area contributed by atoms with Gasteiger partial charge in [-0.1, -0.05) is 23.2 Å². The van der Waals surface area contributed by atoms with Crippen molar-refractivity contribution in [3.63, 3.8) is 0 Å². The maximum Gasteiger partial charge on any atom is 0.255 e. The van der Waals surface area contributed by atoms with Crippen molar-refractivity contribution in [2.75, 3.05) is 6.54 Å². The number of rotatable bonds is 4. The number of nitrogens with zero attached hydrogens (tertiary/aromatic N) is 3. The first kappa shape index (κ1) is 14.8. The van der Waals surface area contributed by atoms with Gasteiger partial charge < -0.3 is 4.90 Å². The van der Waals surface area contributed by atoms with E-state index < -0.39 is 0 Å². The quantitative estimate of drug-likeness (QED) is 0.813. The van der Waals surface area contributed by atoms with Crippen LogP contribution in [-0.4, -0.2) is 27.3 Å². The van der Waals surface area contributed by atoms with Crippen molar-refractivity contribution in [3.05, 3.63) is 58.1 Å². The summed E-state index contributed by atoms with van der Waals surface area (Å²) in [7, 11) is 0. The molecule has 0 aliphatic heterocycles. The molecule has 0 aliphatic carbocycles. The predicted molar refractivity (Wildman–Crippen MR) is 78.9 cm³/mol. The van der Waals surface area contributed by atoms with E-state index in [1.807, 2.05) is 19.1 Å². The third-order valence-electron chi connectivity index (χ3n) is 2.83. The minimum Gasteiger partial charge on any atom is -0.335 e. The Hall–Kier alpha value is -1.65. The molecule has 0 saturated carbocycles. The Morgan fingerprint density at radius 2 is 2.00 bits per heavy atom. The van der Waals surface area contributed by atoms with Crippen LogP contribution < -0.4 is 0 Å². The fourth-order valence-corrected chi connectivity index (χ4v) is 2.03. The summed E-state index contributed by atoms with van der Waals surface area (Å²) in [4.78, 5) is 22.0. The number of hydrogen-bond donors (Lipinski definition) is 0. The molecule has 0 fully saturated rings. The van der Waals surface area contributed by atoms with Crippen molar-refractivity contribution >= 4 is 29.1 Å². The largest absolute Gasteiger partial charge is 0.335 e. The molecule has 2 heterocycles. The molecule has 0 atom stereocenters. The smallest absolute Gasteiger partial charge is 0.255 e. The molecule has 2 aromatic rings. The predicted octanol–water partition coefficient (Wildman–Crippen LogP) is 3.45. The first-order chi connectivity index (χ1) is 9.61. The van der Waals surface area contributed by atoms with Crippen LogP contribution in [0.1, 0.15) is 22.8 Å². The standard InChI is InChI=1S/C14H13Cl2N3O/c1-2-19(9-10-3-5-17-6-4-10)14(20)11-7-12(15)13(16)18-8-11/h3-8H,2,9H2,1H3. The fraction of sp³-hybridized carbons (Fsp3) is 0.214. The summed E-state index contributed by atoms with van der Waals surface area (Å²) in [5.41, 5.74) is 1.44. The lowest BCUT2D eigenvalue weighted by molar-refractivity contribution is 0.0752. The summed E-state index contributed by atoms with van der Waals surface area (Å²) >= 11 is 11.6. The average Bonchev–Trinajstić information content (AvgIpc) is 2.48. The molecule has 0 bridgehead atoms. The summed E-state index contributed by atoms with van der Waals surface area (Å²) in [6.45, 7) is 3.02. The Morgan fingerprint density at radius 1 is 1.30 bits per heavy atom. The van der Waals surface area contributed by atoms with Gasteiger partial charge in [0.25, 0.3) is 5.91 Å². The third-order valence-corrected chi connectivity index (χ3v) is 3.52. The lowest BCUT2D eigenvalue weighted by Gasteiger charge is -2.21. The van der Waals surface area contributed by atoms with E-state index >= 15 is 0 Å². The van der Waals surface area contributed by atoms with Crippen molar-refractivity contribution in [1.29, 1.82) is 0 Å². The van der Waals surface area contributed by atoms with E-state index in [0.717, 1.165) is 5.56 Å². The Labute approximate surface area is 127 Å². The van der Waals surface area contributed by atoms with Crippen LogP contribution in [0.2, 0.25) is 10.2 Å². The van der Waals surface area contributed by atoms with E-state index in [1.54, 1.807) is 17.3 Å². The molecule has 2 aromatic heterocycles. The van der Waals surface area contributed by atoms with Crippen LogP contribution in [0.25, 0.3) is 0 Å². The molecule has 0 unspecified atom stereocenters. The van der Waals surface area contributed by atoms with Gasteiger partial charge in [0, 0.05) is 31.7 Å². The van der Waals surface area contributed by atoms with Crippen molar-refractivity contribution in [2.24, 2.45) is 0 Å². The zero-order chi connectivity index (χ0) is 14.5. The van der Waals surface area contributed by atoms with E-state index in [-0.39, 0.29) is 16.1 Å². The molecule has 104 valence electrons. The van der Waals surface area contributed by atoms with Crippen molar-refractivity contribution in [3.8, 4) is 0 Å². The molecule has 0 N–H and O–H groups in total. The second-order valence-corrected chi connectivity index (χ2v) is 4.94. The molecule has 0 spiro atoms. The molecular formula is C14H13Cl2N3O. The number of amides is 1. The Morgan fingerprint density at radius 3 is 2.60 bits per heavy atom. The SMILES string of the molecule is CCN(Cc1ccncc1)C(=O)c1cnc(Cl)c(Cl)c1. The molecule has 6 heteroatoms. The molecular weight excluding hydrogens is 297 g/mol. The number of pyridine rings is 2. The summed E-state index contributed by atoms with van der Waals surface area (Å²) in [5.74, 6) is -0.129. The van der Waals surface area contributed by atoms with Gasteiger partial charge >= 0.3 is 0 Å². The first-order valence-electron chi connectivity index (χ1n) is 6.11. The van der Waals surface area contributed by atoms with Gasteiger partial charge in [0.15, 0.2) is 0 Å². The average molecular weight is 310 g/mol. The maximum atomic E-state index is 12.4. The van der Waals surface area contributed by atoms with E-state index in [1.165, 1.54) is 12.3 Å². The van der Waals surface area contributed by atoms with Crippen molar-refractivity contribution in [2.45, 2.75) is 13.5 Å². The van der Waals surface area contributed by atoms with Gasteiger partial charge in [0.1, 0.15) is 5.15 Å². The number of halogens is 2. The number of hydrogen-bond acceptors (Lipinski definition) is 3. The third kappa shape index (κ3) is 3.46. The molecule has 4 nitrogen and oxygen atoms in total. The van der Waals surface area contributed by atoms with Gasteiger partial charge in [-0.2, -0.15) is 0 Å². The van der Waals surface area contributed by atoms with Crippen LogP contribution in [-0.2, 0) is 6.54 Å². The molecule has 0 aromatic carbocycles. The van der Waals surface area contributed by atoms with Gasteiger partial charge in [0.05, 0.1) is 10.6 Å². The monoisotopic (exact) mass is 309 g/mol. The highest BCUT2D eigenvalue weighted by Crippen LogP contribution is 2.20. The van der Waals surface area contributed by atoms with Gasteiger partial charge in [-0.05, 0) is 30.7 Å². The second kappa shape index (κ2) is 6.68. The zero-order valence-electron chi connectivity index (χ0n) is 10.9. The van der Waals surface area contributed by atoms with Crippen LogP contribution in [0.5, 0.6) is 0 Å². The fourth-order valence-electron chi connectivity index (χ4n) is 1.76. The summed E-state index contributed by atoms with van der Waals surface area (Å²) in [5, 5.41) is 0.470. The van der Waals surface area contributed by atoms with Crippen LogP contribution in [0.15, 0.2) is 36.8 Å². The topological polar surface area (TPSA) is 46.1 Å². The van der Waals surface area contributed by atoms with Crippen molar-refractivity contribution in [1.82, 2.24) is 14.9 Å². The minimum atomic E-state index is -0.129. The lowest BCUT2D eigenvalue weighted by atomic mass is 10.2. The highest BCUT2D eigenvalue weighted by Gasteiger charge is 2.16. The Bertz CT molecular complexity index is 605. The lowest BCUT2D eigenvalue weighted by Crippen LogP contribution is -2.30. The zero-order valence-corrected chi connectivity index (χ0v) is 12.4. The van der Waals surface area contributed by atoms with E-state index in [2.05, 4.69) is 9.97 Å². The van der Waals surface area contributed by atoms with Crippen LogP contribution in [0.4, 0.5) is 0 Å². The van der Waals surface area contributed by atoms with E-state index in [4.69, 9.17) is 23.2 Å². The molecule has 20 heavy (non-hydrogen) atoms. The maximum absolute atomic E-state index is 12.4. The van der Waals surface area contributed by atoms with Gasteiger partial charge in [-0.25, -0.2) is 4.98 Å². The molecule has 1 amide bonds. The number of aromatic nitrogens is 2. The number of carbonyl (C=O) groups excluding carboxylic acids is 1. The van der Waals surface area contributed by atoms with Crippen LogP contribution in [0.3, 0.4) is 0 Å². The number of carbonyl (C=O) groups is 1. The Kier molecular flexibility index (Phi) is 4.93. The van der Waals surface area contributed by atoms with E-state index in [0.29, 0.717) is 18.7 Å². The molecule has 0 saturated heterocycles. The highest BCUT2D eigenvalue weighted by molar-refractivity contribution is 6.41. The normalized spacial score (nSPS) is 10.3. The van der Waals surface area contributed by atoms with Gasteiger partial charge in [0.2, 0.25) is 0 Å². The summed E-state index contributed by atoms with van der Waals surface area (Å²) in [6, 6.07) is 5.29. The van der Waals surface area contributed by atoms with Gasteiger partial charge in [-0.15, -0.1) is 0 Å².